The maximum Gasteiger partial charge on any atom is 0.0744 e. The predicted molar refractivity (Wildman–Crippen MR) is 80.0 cm³/mol. The normalized spacial score (nSPS) is 17.5. The predicted octanol–water partition coefficient (Wildman–Crippen LogP) is 3.98. The van der Waals surface area contributed by atoms with Crippen LogP contribution >= 0.6 is 0 Å². The van der Waals surface area contributed by atoms with Gasteiger partial charge in [0.2, 0.25) is 0 Å². The Morgan fingerprint density at radius 2 is 1.74 bits per heavy atom. The van der Waals surface area contributed by atoms with Crippen molar-refractivity contribution in [3.8, 4) is 0 Å². The number of hydroxylamine groups is 2. The summed E-state index contributed by atoms with van der Waals surface area (Å²) < 4.78 is 0. The first-order valence-electron chi connectivity index (χ1n) is 7.61. The van der Waals surface area contributed by atoms with E-state index in [1.807, 2.05) is 0 Å². The Morgan fingerprint density at radius 1 is 1.11 bits per heavy atom. The minimum Gasteiger partial charge on any atom is -0.298 e. The molecule has 0 unspecified atom stereocenters. The van der Waals surface area contributed by atoms with Crippen LogP contribution in [0.1, 0.15) is 44.2 Å². The van der Waals surface area contributed by atoms with Crippen molar-refractivity contribution in [2.75, 3.05) is 19.7 Å². The molecule has 0 atom stereocenters. The molecular formula is C17H27NO. The van der Waals surface area contributed by atoms with Gasteiger partial charge in [0.05, 0.1) is 6.61 Å². The third-order valence-corrected chi connectivity index (χ3v) is 4.37. The number of nitrogens with zero attached hydrogens (tertiary/aromatic N) is 1. The van der Waals surface area contributed by atoms with Crippen LogP contribution in [0.5, 0.6) is 0 Å². The zero-order valence-electron chi connectivity index (χ0n) is 12.6. The zero-order chi connectivity index (χ0) is 13.7. The maximum absolute atomic E-state index is 5.98. The van der Waals surface area contributed by atoms with E-state index in [1.54, 1.807) is 0 Å². The molecule has 1 aliphatic carbocycles. The van der Waals surface area contributed by atoms with E-state index >= 15 is 0 Å². The van der Waals surface area contributed by atoms with Crippen LogP contribution in [0.15, 0.2) is 24.3 Å². The van der Waals surface area contributed by atoms with E-state index in [0.717, 1.165) is 26.1 Å². The Bertz CT molecular complexity index is 377. The highest BCUT2D eigenvalue weighted by molar-refractivity contribution is 5.23. The Labute approximate surface area is 117 Å². The minimum atomic E-state index is 0.387. The third-order valence-electron chi connectivity index (χ3n) is 4.37. The maximum atomic E-state index is 5.98. The molecule has 0 aromatic heterocycles. The van der Waals surface area contributed by atoms with Crippen molar-refractivity contribution in [3.63, 3.8) is 0 Å². The molecule has 0 bridgehead atoms. The number of hydrogen-bond acceptors (Lipinski definition) is 2. The smallest absolute Gasteiger partial charge is 0.0744 e. The molecule has 1 aliphatic rings. The number of benzene rings is 1. The lowest BCUT2D eigenvalue weighted by atomic mass is 9.66. The first-order chi connectivity index (χ1) is 9.17. The second-order valence-electron chi connectivity index (χ2n) is 5.90. The summed E-state index contributed by atoms with van der Waals surface area (Å²) in [7, 11) is 0. The second kappa shape index (κ2) is 6.53. The minimum absolute atomic E-state index is 0.387. The molecule has 0 amide bonds. The molecule has 1 fully saturated rings. The van der Waals surface area contributed by atoms with Gasteiger partial charge in [-0.25, -0.2) is 0 Å². The Morgan fingerprint density at radius 3 is 2.21 bits per heavy atom. The molecule has 2 heteroatoms. The number of aryl methyl sites for hydroxylation is 1. The Kier molecular flexibility index (Phi) is 5.00. The first-order valence-corrected chi connectivity index (χ1v) is 7.61. The Hall–Kier alpha value is -0.860. The van der Waals surface area contributed by atoms with E-state index in [0.29, 0.717) is 5.41 Å². The van der Waals surface area contributed by atoms with Crippen LogP contribution < -0.4 is 0 Å². The van der Waals surface area contributed by atoms with Gasteiger partial charge in [0.1, 0.15) is 0 Å². The molecule has 2 nitrogen and oxygen atoms in total. The molecule has 0 radical (unpaired) electrons. The molecule has 1 aromatic carbocycles. The SMILES string of the molecule is CCN(CC)OCC1(Cc2ccc(C)cc2)CCC1. The summed E-state index contributed by atoms with van der Waals surface area (Å²) >= 11 is 0. The van der Waals surface area contributed by atoms with Gasteiger partial charge in [0.25, 0.3) is 0 Å². The van der Waals surface area contributed by atoms with Gasteiger partial charge in [-0.3, -0.25) is 4.84 Å². The summed E-state index contributed by atoms with van der Waals surface area (Å²) in [6.45, 7) is 9.26. The highest BCUT2D eigenvalue weighted by Crippen LogP contribution is 2.44. The quantitative estimate of drug-likeness (QED) is 0.688. The zero-order valence-corrected chi connectivity index (χ0v) is 12.6. The van der Waals surface area contributed by atoms with Crippen molar-refractivity contribution in [3.05, 3.63) is 35.4 Å². The summed E-state index contributed by atoms with van der Waals surface area (Å²) in [5.41, 5.74) is 3.18. The fourth-order valence-electron chi connectivity index (χ4n) is 2.82. The van der Waals surface area contributed by atoms with Crippen LogP contribution in [-0.4, -0.2) is 24.8 Å². The highest BCUT2D eigenvalue weighted by Gasteiger charge is 2.37. The van der Waals surface area contributed by atoms with E-state index < -0.39 is 0 Å². The monoisotopic (exact) mass is 261 g/mol. The molecule has 2 rings (SSSR count). The highest BCUT2D eigenvalue weighted by atomic mass is 16.7. The molecule has 1 saturated carbocycles. The van der Waals surface area contributed by atoms with Crippen molar-refractivity contribution in [2.24, 2.45) is 5.41 Å². The van der Waals surface area contributed by atoms with E-state index in [2.05, 4.69) is 50.1 Å². The molecule has 1 aromatic rings. The summed E-state index contributed by atoms with van der Waals surface area (Å²) in [5, 5.41) is 2.06. The van der Waals surface area contributed by atoms with Crippen LogP contribution in [0, 0.1) is 12.3 Å². The lowest BCUT2D eigenvalue weighted by Gasteiger charge is -2.42. The van der Waals surface area contributed by atoms with Gasteiger partial charge in [0, 0.05) is 13.1 Å². The average Bonchev–Trinajstić information content (AvgIpc) is 2.39. The van der Waals surface area contributed by atoms with Gasteiger partial charge in [0.15, 0.2) is 0 Å². The molecule has 0 N–H and O–H groups in total. The number of hydrogen-bond donors (Lipinski definition) is 0. The molecule has 0 saturated heterocycles. The van der Waals surface area contributed by atoms with Crippen molar-refractivity contribution in [1.29, 1.82) is 0 Å². The van der Waals surface area contributed by atoms with E-state index in [4.69, 9.17) is 4.84 Å². The van der Waals surface area contributed by atoms with E-state index in [-0.39, 0.29) is 0 Å². The summed E-state index contributed by atoms with van der Waals surface area (Å²) in [6, 6.07) is 8.97. The fourth-order valence-corrected chi connectivity index (χ4v) is 2.82. The topological polar surface area (TPSA) is 12.5 Å². The van der Waals surface area contributed by atoms with Crippen LogP contribution in [0.2, 0.25) is 0 Å². The van der Waals surface area contributed by atoms with Crippen LogP contribution in [0.4, 0.5) is 0 Å². The largest absolute Gasteiger partial charge is 0.298 e. The van der Waals surface area contributed by atoms with Crippen LogP contribution in [-0.2, 0) is 11.3 Å². The number of rotatable bonds is 7. The molecule has 19 heavy (non-hydrogen) atoms. The lowest BCUT2D eigenvalue weighted by molar-refractivity contribution is -0.190. The molecule has 0 aliphatic heterocycles. The summed E-state index contributed by atoms with van der Waals surface area (Å²) in [5.74, 6) is 0. The van der Waals surface area contributed by atoms with E-state index in [9.17, 15) is 0 Å². The van der Waals surface area contributed by atoms with Gasteiger partial charge in [-0.05, 0) is 37.2 Å². The van der Waals surface area contributed by atoms with Gasteiger partial charge in [-0.2, -0.15) is 5.06 Å². The van der Waals surface area contributed by atoms with Crippen LogP contribution in [0.3, 0.4) is 0 Å². The van der Waals surface area contributed by atoms with Gasteiger partial charge in [-0.15, -0.1) is 0 Å². The molecular weight excluding hydrogens is 234 g/mol. The van der Waals surface area contributed by atoms with Crippen LogP contribution in [0.25, 0.3) is 0 Å². The van der Waals surface area contributed by atoms with E-state index in [1.165, 1.54) is 30.4 Å². The Balaban J connectivity index is 1.92. The standard InChI is InChI=1S/C17H27NO/c1-4-18(5-2)19-14-17(11-6-12-17)13-16-9-7-15(3)8-10-16/h7-10H,4-6,11-14H2,1-3H3. The lowest BCUT2D eigenvalue weighted by Crippen LogP contribution is -2.39. The summed E-state index contributed by atoms with van der Waals surface area (Å²) in [4.78, 5) is 5.98. The van der Waals surface area contributed by atoms with Gasteiger partial charge < -0.3 is 0 Å². The first kappa shape index (κ1) is 14.5. The van der Waals surface area contributed by atoms with Crippen molar-refractivity contribution in [1.82, 2.24) is 5.06 Å². The fraction of sp³-hybridized carbons (Fsp3) is 0.647. The van der Waals surface area contributed by atoms with Crippen molar-refractivity contribution < 1.29 is 4.84 Å². The third kappa shape index (κ3) is 3.80. The van der Waals surface area contributed by atoms with Crippen molar-refractivity contribution in [2.45, 2.75) is 46.5 Å². The molecule has 0 spiro atoms. The molecule has 0 heterocycles. The van der Waals surface area contributed by atoms with Crippen molar-refractivity contribution >= 4 is 0 Å². The second-order valence-corrected chi connectivity index (χ2v) is 5.90. The van der Waals surface area contributed by atoms with Gasteiger partial charge in [-0.1, -0.05) is 50.1 Å². The summed E-state index contributed by atoms with van der Waals surface area (Å²) in [6.07, 6.45) is 5.13. The average molecular weight is 261 g/mol. The van der Waals surface area contributed by atoms with Gasteiger partial charge >= 0.3 is 0 Å². The molecule has 106 valence electrons.